The highest BCUT2D eigenvalue weighted by atomic mass is 19.1. The standard InChI is InChI=1S/C17H20F2N4O2/c1-20-5-7-22(8-6-20)15-10-16(24)21(2)17(25)23(15)11-12-3-4-13(18)9-14(12)19/h3-4,9-10H,5-8,11H2,1-2H3. The Balaban J connectivity index is 2.06. The van der Waals surface area contributed by atoms with Crippen LogP contribution >= 0.6 is 0 Å². The van der Waals surface area contributed by atoms with E-state index in [9.17, 15) is 18.4 Å². The first-order valence-electron chi connectivity index (χ1n) is 8.05. The number of benzene rings is 1. The molecule has 0 amide bonds. The Kier molecular flexibility index (Phi) is 4.71. The fourth-order valence-corrected chi connectivity index (χ4v) is 2.92. The van der Waals surface area contributed by atoms with E-state index in [1.165, 1.54) is 23.7 Å². The van der Waals surface area contributed by atoms with Crippen LogP contribution in [0.5, 0.6) is 0 Å². The molecule has 2 aromatic rings. The van der Waals surface area contributed by atoms with Crippen molar-refractivity contribution in [2.24, 2.45) is 7.05 Å². The Hall–Kier alpha value is -2.48. The SMILES string of the molecule is CN1CCN(c2cc(=O)n(C)c(=O)n2Cc2ccc(F)cc2F)CC1. The molecule has 0 N–H and O–H groups in total. The maximum absolute atomic E-state index is 14.0. The molecule has 1 aliphatic rings. The minimum Gasteiger partial charge on any atom is -0.355 e. The van der Waals surface area contributed by atoms with Gasteiger partial charge in [0.1, 0.15) is 17.5 Å². The van der Waals surface area contributed by atoms with E-state index in [1.807, 2.05) is 11.9 Å². The molecule has 134 valence electrons. The van der Waals surface area contributed by atoms with Gasteiger partial charge in [-0.15, -0.1) is 0 Å². The third kappa shape index (κ3) is 3.48. The van der Waals surface area contributed by atoms with Gasteiger partial charge in [-0.3, -0.25) is 13.9 Å². The van der Waals surface area contributed by atoms with Crippen LogP contribution in [0.25, 0.3) is 0 Å². The maximum Gasteiger partial charge on any atom is 0.332 e. The summed E-state index contributed by atoms with van der Waals surface area (Å²) >= 11 is 0. The molecule has 0 saturated carbocycles. The van der Waals surface area contributed by atoms with Crippen LogP contribution < -0.4 is 16.1 Å². The second-order valence-corrected chi connectivity index (χ2v) is 6.29. The summed E-state index contributed by atoms with van der Waals surface area (Å²) in [5, 5.41) is 0. The summed E-state index contributed by atoms with van der Waals surface area (Å²) in [5.41, 5.74) is -0.738. The number of anilines is 1. The monoisotopic (exact) mass is 350 g/mol. The van der Waals surface area contributed by atoms with Crippen molar-refractivity contribution in [3.63, 3.8) is 0 Å². The minimum absolute atomic E-state index is 0.0687. The van der Waals surface area contributed by atoms with Crippen LogP contribution in [0.2, 0.25) is 0 Å². The van der Waals surface area contributed by atoms with Gasteiger partial charge in [-0.2, -0.15) is 0 Å². The number of nitrogens with zero attached hydrogens (tertiary/aromatic N) is 4. The van der Waals surface area contributed by atoms with Crippen molar-refractivity contribution in [1.29, 1.82) is 0 Å². The molecule has 0 atom stereocenters. The summed E-state index contributed by atoms with van der Waals surface area (Å²) in [5.74, 6) is -0.927. The van der Waals surface area contributed by atoms with Gasteiger partial charge >= 0.3 is 5.69 Å². The second-order valence-electron chi connectivity index (χ2n) is 6.29. The van der Waals surface area contributed by atoms with Crippen LogP contribution in [-0.2, 0) is 13.6 Å². The van der Waals surface area contributed by atoms with Crippen molar-refractivity contribution in [2.45, 2.75) is 6.54 Å². The molecule has 0 bridgehead atoms. The van der Waals surface area contributed by atoms with Crippen LogP contribution in [0, 0.1) is 11.6 Å². The number of hydrogen-bond donors (Lipinski definition) is 0. The van der Waals surface area contributed by atoms with Crippen LogP contribution in [0.15, 0.2) is 33.9 Å². The molecule has 1 saturated heterocycles. The predicted molar refractivity (Wildman–Crippen MR) is 91.1 cm³/mol. The van der Waals surface area contributed by atoms with E-state index in [1.54, 1.807) is 0 Å². The normalized spacial score (nSPS) is 15.6. The van der Waals surface area contributed by atoms with E-state index in [-0.39, 0.29) is 12.1 Å². The van der Waals surface area contributed by atoms with Gasteiger partial charge in [0.15, 0.2) is 0 Å². The molecule has 8 heteroatoms. The Morgan fingerprint density at radius 3 is 2.32 bits per heavy atom. The van der Waals surface area contributed by atoms with Crippen molar-refractivity contribution in [3.8, 4) is 0 Å². The van der Waals surface area contributed by atoms with Crippen LogP contribution in [0.3, 0.4) is 0 Å². The van der Waals surface area contributed by atoms with Gasteiger partial charge in [-0.05, 0) is 13.1 Å². The number of hydrogen-bond acceptors (Lipinski definition) is 4. The lowest BCUT2D eigenvalue weighted by atomic mass is 10.2. The maximum atomic E-state index is 14.0. The van der Waals surface area contributed by atoms with Crippen LogP contribution in [0.4, 0.5) is 14.6 Å². The molecule has 0 aliphatic carbocycles. The summed E-state index contributed by atoms with van der Waals surface area (Å²) < 4.78 is 29.5. The fourth-order valence-electron chi connectivity index (χ4n) is 2.92. The number of likely N-dealkylation sites (N-methyl/N-ethyl adjacent to an activating group) is 1. The van der Waals surface area contributed by atoms with Crippen LogP contribution in [0.1, 0.15) is 5.56 Å². The van der Waals surface area contributed by atoms with Gasteiger partial charge in [0.05, 0.1) is 6.54 Å². The summed E-state index contributed by atoms with van der Waals surface area (Å²) in [4.78, 5) is 28.8. The van der Waals surface area contributed by atoms with E-state index in [0.29, 0.717) is 18.9 Å². The third-order valence-electron chi connectivity index (χ3n) is 4.55. The zero-order valence-electron chi connectivity index (χ0n) is 14.2. The number of aromatic nitrogens is 2. The zero-order chi connectivity index (χ0) is 18.1. The van der Waals surface area contributed by atoms with Gasteiger partial charge in [-0.25, -0.2) is 13.6 Å². The minimum atomic E-state index is -0.718. The molecule has 0 unspecified atom stereocenters. The zero-order valence-corrected chi connectivity index (χ0v) is 14.2. The van der Waals surface area contributed by atoms with Gasteiger partial charge in [0.25, 0.3) is 5.56 Å². The molecule has 1 aliphatic heterocycles. The first-order valence-corrected chi connectivity index (χ1v) is 8.05. The largest absolute Gasteiger partial charge is 0.355 e. The number of piperazine rings is 1. The van der Waals surface area contributed by atoms with Gasteiger partial charge in [0, 0.05) is 50.9 Å². The van der Waals surface area contributed by atoms with E-state index >= 15 is 0 Å². The fraction of sp³-hybridized carbons (Fsp3) is 0.412. The molecule has 6 nitrogen and oxygen atoms in total. The van der Waals surface area contributed by atoms with Gasteiger partial charge < -0.3 is 9.80 Å². The summed E-state index contributed by atoms with van der Waals surface area (Å²) in [6, 6.07) is 4.66. The molecule has 0 spiro atoms. The highest BCUT2D eigenvalue weighted by molar-refractivity contribution is 5.40. The molecular weight excluding hydrogens is 330 g/mol. The van der Waals surface area contributed by atoms with Crippen molar-refractivity contribution in [1.82, 2.24) is 14.0 Å². The molecule has 3 rings (SSSR count). The van der Waals surface area contributed by atoms with E-state index in [2.05, 4.69) is 4.90 Å². The molecule has 1 aromatic carbocycles. The summed E-state index contributed by atoms with van der Waals surface area (Å²) in [7, 11) is 3.39. The van der Waals surface area contributed by atoms with E-state index < -0.39 is 22.9 Å². The van der Waals surface area contributed by atoms with Gasteiger partial charge in [-0.1, -0.05) is 6.07 Å². The topological polar surface area (TPSA) is 50.5 Å². The van der Waals surface area contributed by atoms with Crippen molar-refractivity contribution < 1.29 is 8.78 Å². The second kappa shape index (κ2) is 6.79. The lowest BCUT2D eigenvalue weighted by Crippen LogP contribution is -2.48. The Bertz CT molecular complexity index is 898. The third-order valence-corrected chi connectivity index (χ3v) is 4.55. The van der Waals surface area contributed by atoms with Crippen LogP contribution in [-0.4, -0.2) is 47.3 Å². The number of rotatable bonds is 3. The van der Waals surface area contributed by atoms with Gasteiger partial charge in [0.2, 0.25) is 0 Å². The highest BCUT2D eigenvalue weighted by Gasteiger charge is 2.20. The summed E-state index contributed by atoms with van der Waals surface area (Å²) in [6.45, 7) is 2.85. The number of halogens is 2. The molecule has 1 fully saturated rings. The summed E-state index contributed by atoms with van der Waals surface area (Å²) in [6.07, 6.45) is 0. The lowest BCUT2D eigenvalue weighted by molar-refractivity contribution is 0.310. The molecule has 25 heavy (non-hydrogen) atoms. The van der Waals surface area contributed by atoms with E-state index in [4.69, 9.17) is 0 Å². The Morgan fingerprint density at radius 2 is 1.68 bits per heavy atom. The predicted octanol–water partition coefficient (Wildman–Crippen LogP) is 0.625. The first kappa shape index (κ1) is 17.3. The Labute approximate surface area is 143 Å². The first-order chi connectivity index (χ1) is 11.9. The van der Waals surface area contributed by atoms with Crippen molar-refractivity contribution >= 4 is 5.82 Å². The molecule has 1 aromatic heterocycles. The molecular formula is C17H20F2N4O2. The van der Waals surface area contributed by atoms with Crippen molar-refractivity contribution in [2.75, 3.05) is 38.1 Å². The quantitative estimate of drug-likeness (QED) is 0.815. The average Bonchev–Trinajstić information content (AvgIpc) is 2.58. The molecule has 0 radical (unpaired) electrons. The Morgan fingerprint density at radius 1 is 1.00 bits per heavy atom. The molecule has 2 heterocycles. The lowest BCUT2D eigenvalue weighted by Gasteiger charge is -2.35. The van der Waals surface area contributed by atoms with Crippen molar-refractivity contribution in [3.05, 3.63) is 62.3 Å². The van der Waals surface area contributed by atoms with E-state index in [0.717, 1.165) is 29.8 Å². The highest BCUT2D eigenvalue weighted by Crippen LogP contribution is 2.16. The smallest absolute Gasteiger partial charge is 0.332 e. The average molecular weight is 350 g/mol.